The van der Waals surface area contributed by atoms with Crippen molar-refractivity contribution in [3.8, 4) is 5.75 Å². The van der Waals surface area contributed by atoms with Gasteiger partial charge in [0.25, 0.3) is 0 Å². The second kappa shape index (κ2) is 13.3. The smallest absolute Gasteiger partial charge is 0.244 e. The summed E-state index contributed by atoms with van der Waals surface area (Å²) in [6.45, 7) is 5.57. The summed E-state index contributed by atoms with van der Waals surface area (Å²) in [7, 11) is -2.26. The Morgan fingerprint density at radius 3 is 2.26 bits per heavy atom. The predicted octanol–water partition coefficient (Wildman–Crippen LogP) is 3.85. The number of carbonyl (C=O) groups excluding carboxylic acids is 2. The summed E-state index contributed by atoms with van der Waals surface area (Å²) in [6, 6.07) is 21.2. The highest BCUT2D eigenvalue weighted by Gasteiger charge is 2.33. The topological polar surface area (TPSA) is 96.0 Å². The number of anilines is 1. The van der Waals surface area contributed by atoms with Crippen LogP contribution in [0.5, 0.6) is 5.75 Å². The third-order valence-corrected chi connectivity index (χ3v) is 7.76. The van der Waals surface area contributed by atoms with Gasteiger partial charge >= 0.3 is 0 Å². The van der Waals surface area contributed by atoms with Crippen molar-refractivity contribution in [1.29, 1.82) is 0 Å². The Labute approximate surface area is 231 Å². The van der Waals surface area contributed by atoms with Gasteiger partial charge in [0.2, 0.25) is 21.8 Å². The first-order chi connectivity index (χ1) is 18.5. The third kappa shape index (κ3) is 7.83. The van der Waals surface area contributed by atoms with Crippen molar-refractivity contribution >= 4 is 27.5 Å². The molecule has 0 bridgehead atoms. The van der Waals surface area contributed by atoms with Crippen molar-refractivity contribution in [2.24, 2.45) is 0 Å². The molecule has 1 atom stereocenters. The van der Waals surface area contributed by atoms with Crippen LogP contribution in [-0.4, -0.2) is 57.6 Å². The van der Waals surface area contributed by atoms with Gasteiger partial charge in [-0.25, -0.2) is 8.42 Å². The molecule has 0 saturated heterocycles. The lowest BCUT2D eigenvalue weighted by Crippen LogP contribution is -2.53. The average molecular weight is 552 g/mol. The van der Waals surface area contributed by atoms with Gasteiger partial charge in [-0.05, 0) is 61.2 Å². The van der Waals surface area contributed by atoms with E-state index in [0.717, 1.165) is 32.8 Å². The van der Waals surface area contributed by atoms with Gasteiger partial charge in [-0.15, -0.1) is 0 Å². The number of methoxy groups -OCH3 is 1. The molecule has 0 heterocycles. The van der Waals surface area contributed by atoms with E-state index < -0.39 is 28.5 Å². The zero-order chi connectivity index (χ0) is 28.6. The fraction of sp³-hybridized carbons (Fsp3) is 0.333. The van der Waals surface area contributed by atoms with Gasteiger partial charge in [0.1, 0.15) is 18.3 Å². The molecule has 3 aromatic carbocycles. The van der Waals surface area contributed by atoms with Crippen LogP contribution in [0.15, 0.2) is 72.8 Å². The van der Waals surface area contributed by atoms with Crippen molar-refractivity contribution in [1.82, 2.24) is 10.2 Å². The van der Waals surface area contributed by atoms with Gasteiger partial charge < -0.3 is 15.0 Å². The lowest BCUT2D eigenvalue weighted by Gasteiger charge is -2.34. The summed E-state index contributed by atoms with van der Waals surface area (Å²) >= 11 is 0. The lowest BCUT2D eigenvalue weighted by atomic mass is 10.0. The Kier molecular flexibility index (Phi) is 10.1. The predicted molar refractivity (Wildman–Crippen MR) is 154 cm³/mol. The molecule has 0 radical (unpaired) electrons. The van der Waals surface area contributed by atoms with Crippen LogP contribution in [0.25, 0.3) is 0 Å². The molecule has 0 aromatic heterocycles. The Bertz CT molecular complexity index is 1390. The van der Waals surface area contributed by atoms with E-state index in [-0.39, 0.29) is 18.9 Å². The Balaban J connectivity index is 2.08. The first-order valence-corrected chi connectivity index (χ1v) is 14.7. The quantitative estimate of drug-likeness (QED) is 0.369. The van der Waals surface area contributed by atoms with Gasteiger partial charge in [-0.1, -0.05) is 54.6 Å². The molecule has 0 saturated carbocycles. The van der Waals surface area contributed by atoms with Crippen molar-refractivity contribution < 1.29 is 22.7 Å². The molecule has 8 nitrogen and oxygen atoms in total. The molecule has 9 heteroatoms. The Morgan fingerprint density at radius 2 is 1.62 bits per heavy atom. The minimum atomic E-state index is -3.82. The van der Waals surface area contributed by atoms with E-state index in [9.17, 15) is 18.0 Å². The summed E-state index contributed by atoms with van der Waals surface area (Å²) in [4.78, 5) is 28.9. The van der Waals surface area contributed by atoms with Gasteiger partial charge in [0, 0.05) is 19.5 Å². The number of likely N-dealkylation sites (N-methyl/N-ethyl adjacent to an activating group) is 1. The summed E-state index contributed by atoms with van der Waals surface area (Å²) in [6.07, 6.45) is 1.35. The SMILES string of the molecule is CCNC(=O)[C@@H](Cc1ccccc1)N(Cc1cccc(OC)c1)C(=O)CN(c1cccc(C)c1C)S(C)(=O)=O. The average Bonchev–Trinajstić information content (AvgIpc) is 2.91. The first-order valence-electron chi connectivity index (χ1n) is 12.8. The van der Waals surface area contributed by atoms with E-state index in [0.29, 0.717) is 18.0 Å². The standard InChI is InChI=1S/C30H37N3O5S/c1-6-31-30(35)28(19-24-13-8-7-9-14-24)32(20-25-15-11-16-26(18-25)38-4)29(34)21-33(39(5,36)37)27-17-10-12-22(2)23(27)3/h7-18,28H,6,19-21H2,1-5H3,(H,31,35)/t28-/m1/s1. The monoisotopic (exact) mass is 551 g/mol. The summed E-state index contributed by atoms with van der Waals surface area (Å²) in [5, 5.41) is 2.85. The van der Waals surface area contributed by atoms with Crippen molar-refractivity contribution in [2.45, 2.75) is 39.8 Å². The molecule has 0 aliphatic heterocycles. The maximum absolute atomic E-state index is 14.1. The van der Waals surface area contributed by atoms with E-state index in [1.807, 2.05) is 69.3 Å². The molecule has 1 N–H and O–H groups in total. The van der Waals surface area contributed by atoms with E-state index in [1.54, 1.807) is 31.4 Å². The number of nitrogens with zero attached hydrogens (tertiary/aromatic N) is 2. The van der Waals surface area contributed by atoms with Gasteiger partial charge in [0.15, 0.2) is 0 Å². The van der Waals surface area contributed by atoms with Crippen LogP contribution < -0.4 is 14.4 Å². The van der Waals surface area contributed by atoms with Crippen molar-refractivity contribution in [3.63, 3.8) is 0 Å². The lowest BCUT2D eigenvalue weighted by molar-refractivity contribution is -0.140. The molecule has 0 fully saturated rings. The van der Waals surface area contributed by atoms with Crippen LogP contribution in [0.2, 0.25) is 0 Å². The maximum atomic E-state index is 14.1. The van der Waals surface area contributed by atoms with E-state index >= 15 is 0 Å². The highest BCUT2D eigenvalue weighted by Crippen LogP contribution is 2.26. The third-order valence-electron chi connectivity index (χ3n) is 6.63. The molecule has 2 amide bonds. The summed E-state index contributed by atoms with van der Waals surface area (Å²) in [5.74, 6) is -0.183. The Morgan fingerprint density at radius 1 is 0.949 bits per heavy atom. The number of hydrogen-bond acceptors (Lipinski definition) is 5. The molecule has 0 unspecified atom stereocenters. The van der Waals surface area contributed by atoms with Crippen LogP contribution in [-0.2, 0) is 32.6 Å². The number of sulfonamides is 1. The number of nitrogens with one attached hydrogen (secondary N) is 1. The second-order valence-electron chi connectivity index (χ2n) is 9.46. The van der Waals surface area contributed by atoms with Crippen molar-refractivity contribution in [2.75, 3.05) is 30.8 Å². The molecule has 208 valence electrons. The minimum Gasteiger partial charge on any atom is -0.497 e. The summed E-state index contributed by atoms with van der Waals surface area (Å²) < 4.78 is 32.4. The normalized spacial score (nSPS) is 11.9. The van der Waals surface area contributed by atoms with Gasteiger partial charge in [0.05, 0.1) is 19.1 Å². The molecular formula is C30H37N3O5S. The van der Waals surface area contributed by atoms with E-state index in [1.165, 1.54) is 4.90 Å². The number of carbonyl (C=O) groups is 2. The maximum Gasteiger partial charge on any atom is 0.244 e. The molecule has 3 aromatic rings. The van der Waals surface area contributed by atoms with Gasteiger partial charge in [-0.3, -0.25) is 13.9 Å². The summed E-state index contributed by atoms with van der Waals surface area (Å²) in [5.41, 5.74) is 3.74. The molecule has 0 aliphatic rings. The molecule has 0 aliphatic carbocycles. The fourth-order valence-electron chi connectivity index (χ4n) is 4.41. The van der Waals surface area contributed by atoms with Crippen LogP contribution in [0.1, 0.15) is 29.2 Å². The van der Waals surface area contributed by atoms with E-state index in [4.69, 9.17) is 4.74 Å². The first kappa shape index (κ1) is 29.7. The number of rotatable bonds is 12. The van der Waals surface area contributed by atoms with Gasteiger partial charge in [-0.2, -0.15) is 0 Å². The van der Waals surface area contributed by atoms with Crippen LogP contribution in [0.4, 0.5) is 5.69 Å². The number of amides is 2. The molecule has 39 heavy (non-hydrogen) atoms. The van der Waals surface area contributed by atoms with Crippen LogP contribution in [0, 0.1) is 13.8 Å². The zero-order valence-corrected chi connectivity index (χ0v) is 24.0. The minimum absolute atomic E-state index is 0.0923. The number of ether oxygens (including phenoxy) is 1. The number of hydrogen-bond donors (Lipinski definition) is 1. The molecule has 3 rings (SSSR count). The highest BCUT2D eigenvalue weighted by molar-refractivity contribution is 7.92. The largest absolute Gasteiger partial charge is 0.497 e. The second-order valence-corrected chi connectivity index (χ2v) is 11.4. The van der Waals surface area contributed by atoms with Crippen molar-refractivity contribution in [3.05, 3.63) is 95.1 Å². The Hall–Kier alpha value is -3.85. The number of aryl methyl sites for hydroxylation is 1. The zero-order valence-electron chi connectivity index (χ0n) is 23.2. The highest BCUT2D eigenvalue weighted by atomic mass is 32.2. The van der Waals surface area contributed by atoms with E-state index in [2.05, 4.69) is 5.32 Å². The van der Waals surface area contributed by atoms with Crippen LogP contribution in [0.3, 0.4) is 0 Å². The van der Waals surface area contributed by atoms with Crippen LogP contribution >= 0.6 is 0 Å². The fourth-order valence-corrected chi connectivity index (χ4v) is 5.31. The number of benzene rings is 3. The molecular weight excluding hydrogens is 514 g/mol. The molecule has 0 spiro atoms.